The number of aryl methyl sites for hydroxylation is 1. The van der Waals surface area contributed by atoms with E-state index in [2.05, 4.69) is 15.5 Å². The molecule has 1 heterocycles. The van der Waals surface area contributed by atoms with Gasteiger partial charge in [-0.3, -0.25) is 0 Å². The fourth-order valence-electron chi connectivity index (χ4n) is 2.30. The van der Waals surface area contributed by atoms with E-state index < -0.39 is 5.97 Å². The number of rotatable bonds is 9. The summed E-state index contributed by atoms with van der Waals surface area (Å²) in [6.07, 6.45) is 3.84. The van der Waals surface area contributed by atoms with Crippen LogP contribution in [-0.4, -0.2) is 41.0 Å². The molecule has 0 aliphatic heterocycles. The summed E-state index contributed by atoms with van der Waals surface area (Å²) in [7, 11) is 0. The first kappa shape index (κ1) is 15.7. The summed E-state index contributed by atoms with van der Waals surface area (Å²) >= 11 is 0. The van der Waals surface area contributed by atoms with E-state index in [0.29, 0.717) is 31.8 Å². The Hall–Kier alpha value is -1.69. The van der Waals surface area contributed by atoms with E-state index >= 15 is 0 Å². The Labute approximate surface area is 124 Å². The molecule has 2 N–H and O–H groups in total. The van der Waals surface area contributed by atoms with E-state index in [1.54, 1.807) is 0 Å². The van der Waals surface area contributed by atoms with Crippen molar-refractivity contribution in [1.82, 2.24) is 10.2 Å². The van der Waals surface area contributed by atoms with Gasteiger partial charge >= 0.3 is 5.97 Å². The predicted molar refractivity (Wildman–Crippen MR) is 79.8 cm³/mol. The third-order valence-corrected chi connectivity index (χ3v) is 3.65. The number of aromatic nitrogens is 2. The lowest BCUT2D eigenvalue weighted by Crippen LogP contribution is -2.18. The topological polar surface area (TPSA) is 84.3 Å². The SMILES string of the molecule is CCc1nnc(NCCOCC2CC2)c(C(=O)O)c1CC. The first-order chi connectivity index (χ1) is 10.2. The van der Waals surface area contributed by atoms with E-state index in [0.717, 1.165) is 23.8 Å². The van der Waals surface area contributed by atoms with E-state index in [4.69, 9.17) is 4.74 Å². The average molecular weight is 293 g/mol. The highest BCUT2D eigenvalue weighted by Crippen LogP contribution is 2.28. The molecule has 0 aromatic carbocycles. The number of ether oxygens (including phenoxy) is 1. The molecule has 1 saturated carbocycles. The molecule has 116 valence electrons. The minimum Gasteiger partial charge on any atom is -0.478 e. The number of hydrogen-bond donors (Lipinski definition) is 2. The van der Waals surface area contributed by atoms with Crippen LogP contribution in [0.25, 0.3) is 0 Å². The summed E-state index contributed by atoms with van der Waals surface area (Å²) in [6.45, 7) is 5.78. The monoisotopic (exact) mass is 293 g/mol. The van der Waals surface area contributed by atoms with Crippen molar-refractivity contribution in [3.63, 3.8) is 0 Å². The number of hydrogen-bond acceptors (Lipinski definition) is 5. The van der Waals surface area contributed by atoms with Crippen molar-refractivity contribution in [2.45, 2.75) is 39.5 Å². The molecule has 0 unspecified atom stereocenters. The van der Waals surface area contributed by atoms with Crippen molar-refractivity contribution in [2.24, 2.45) is 5.92 Å². The standard InChI is InChI=1S/C15H23N3O3/c1-3-11-12(4-2)17-18-14(13(11)15(19)20)16-7-8-21-9-10-5-6-10/h10H,3-9H2,1-2H3,(H,16,18)(H,19,20). The number of carboxylic acids is 1. The lowest BCUT2D eigenvalue weighted by atomic mass is 10.0. The molecule has 0 amide bonds. The molecule has 1 fully saturated rings. The number of carboxylic acid groups (broad SMARTS) is 1. The Morgan fingerprint density at radius 3 is 2.67 bits per heavy atom. The number of aromatic carboxylic acids is 1. The van der Waals surface area contributed by atoms with E-state index in [1.807, 2.05) is 13.8 Å². The van der Waals surface area contributed by atoms with E-state index in [-0.39, 0.29) is 5.56 Å². The van der Waals surface area contributed by atoms with Gasteiger partial charge in [0.2, 0.25) is 0 Å². The molecule has 0 spiro atoms. The molecule has 2 rings (SSSR count). The second-order valence-corrected chi connectivity index (χ2v) is 5.31. The zero-order valence-electron chi connectivity index (χ0n) is 12.7. The lowest BCUT2D eigenvalue weighted by Gasteiger charge is -2.13. The molecule has 6 nitrogen and oxygen atoms in total. The quantitative estimate of drug-likeness (QED) is 0.679. The van der Waals surface area contributed by atoms with Gasteiger partial charge in [-0.25, -0.2) is 4.79 Å². The molecule has 21 heavy (non-hydrogen) atoms. The molecule has 0 atom stereocenters. The van der Waals surface area contributed by atoms with Crippen LogP contribution in [-0.2, 0) is 17.6 Å². The summed E-state index contributed by atoms with van der Waals surface area (Å²) in [5, 5.41) is 20.6. The first-order valence-electron chi connectivity index (χ1n) is 7.60. The highest BCUT2D eigenvalue weighted by Gasteiger charge is 2.21. The first-order valence-corrected chi connectivity index (χ1v) is 7.60. The molecule has 1 aliphatic carbocycles. The third-order valence-electron chi connectivity index (χ3n) is 3.65. The zero-order chi connectivity index (χ0) is 15.2. The van der Waals surface area contributed by atoms with Gasteiger partial charge in [-0.1, -0.05) is 13.8 Å². The van der Waals surface area contributed by atoms with Crippen LogP contribution in [0.1, 0.15) is 48.3 Å². The Morgan fingerprint density at radius 1 is 1.33 bits per heavy atom. The van der Waals surface area contributed by atoms with Crippen LogP contribution in [0.2, 0.25) is 0 Å². The van der Waals surface area contributed by atoms with Crippen molar-refractivity contribution in [3.8, 4) is 0 Å². The van der Waals surface area contributed by atoms with Crippen molar-refractivity contribution >= 4 is 11.8 Å². The molecular weight excluding hydrogens is 270 g/mol. The third kappa shape index (κ3) is 4.14. The Balaban J connectivity index is 2.01. The summed E-state index contributed by atoms with van der Waals surface area (Å²) in [5.41, 5.74) is 1.76. The Kier molecular flexibility index (Phi) is 5.50. The molecule has 0 bridgehead atoms. The molecule has 0 saturated heterocycles. The highest BCUT2D eigenvalue weighted by molar-refractivity contribution is 5.95. The van der Waals surface area contributed by atoms with Crippen LogP contribution in [0.4, 0.5) is 5.82 Å². The van der Waals surface area contributed by atoms with Crippen LogP contribution < -0.4 is 5.32 Å². The van der Waals surface area contributed by atoms with Crippen LogP contribution >= 0.6 is 0 Å². The summed E-state index contributed by atoms with van der Waals surface area (Å²) in [5.74, 6) is 0.110. The largest absolute Gasteiger partial charge is 0.478 e. The van der Waals surface area contributed by atoms with Gasteiger partial charge < -0.3 is 15.2 Å². The second kappa shape index (κ2) is 7.36. The van der Waals surface area contributed by atoms with Gasteiger partial charge in [0.15, 0.2) is 5.82 Å². The van der Waals surface area contributed by atoms with Crippen LogP contribution in [0.5, 0.6) is 0 Å². The Bertz CT molecular complexity index is 501. The number of anilines is 1. The van der Waals surface area contributed by atoms with Gasteiger partial charge in [-0.2, -0.15) is 5.10 Å². The maximum absolute atomic E-state index is 11.5. The Morgan fingerprint density at radius 2 is 2.10 bits per heavy atom. The van der Waals surface area contributed by atoms with Crippen LogP contribution in [0.15, 0.2) is 0 Å². The smallest absolute Gasteiger partial charge is 0.339 e. The molecule has 1 aliphatic rings. The van der Waals surface area contributed by atoms with Gasteiger partial charge in [-0.15, -0.1) is 5.10 Å². The number of carbonyl (C=O) groups is 1. The van der Waals surface area contributed by atoms with Gasteiger partial charge in [0, 0.05) is 13.2 Å². The van der Waals surface area contributed by atoms with Crippen molar-refractivity contribution in [1.29, 1.82) is 0 Å². The molecular formula is C15H23N3O3. The number of nitrogens with zero attached hydrogens (tertiary/aromatic N) is 2. The average Bonchev–Trinajstić information content (AvgIpc) is 3.29. The molecule has 6 heteroatoms. The normalized spacial score (nSPS) is 14.2. The van der Waals surface area contributed by atoms with Gasteiger partial charge in [0.1, 0.15) is 5.56 Å². The van der Waals surface area contributed by atoms with Crippen LogP contribution in [0.3, 0.4) is 0 Å². The summed E-state index contributed by atoms with van der Waals surface area (Å²) in [4.78, 5) is 11.5. The fourth-order valence-corrected chi connectivity index (χ4v) is 2.30. The van der Waals surface area contributed by atoms with Gasteiger partial charge in [0.25, 0.3) is 0 Å². The molecule has 1 aromatic rings. The van der Waals surface area contributed by atoms with Crippen molar-refractivity contribution < 1.29 is 14.6 Å². The molecule has 0 radical (unpaired) electrons. The molecule has 1 aromatic heterocycles. The number of nitrogens with one attached hydrogen (secondary N) is 1. The van der Waals surface area contributed by atoms with Crippen LogP contribution in [0, 0.1) is 5.92 Å². The summed E-state index contributed by atoms with van der Waals surface area (Å²) < 4.78 is 5.52. The second-order valence-electron chi connectivity index (χ2n) is 5.31. The lowest BCUT2D eigenvalue weighted by molar-refractivity contribution is 0.0696. The van der Waals surface area contributed by atoms with Crippen molar-refractivity contribution in [2.75, 3.05) is 25.1 Å². The zero-order valence-corrected chi connectivity index (χ0v) is 12.7. The maximum Gasteiger partial charge on any atom is 0.339 e. The van der Waals surface area contributed by atoms with E-state index in [9.17, 15) is 9.90 Å². The highest BCUT2D eigenvalue weighted by atomic mass is 16.5. The van der Waals surface area contributed by atoms with Gasteiger partial charge in [-0.05, 0) is 37.2 Å². The van der Waals surface area contributed by atoms with Crippen molar-refractivity contribution in [3.05, 3.63) is 16.8 Å². The predicted octanol–water partition coefficient (Wildman–Crippen LogP) is 2.14. The minimum absolute atomic E-state index is 0.242. The minimum atomic E-state index is -0.960. The fraction of sp³-hybridized carbons (Fsp3) is 0.667. The van der Waals surface area contributed by atoms with E-state index in [1.165, 1.54) is 12.8 Å². The van der Waals surface area contributed by atoms with Gasteiger partial charge in [0.05, 0.1) is 12.3 Å². The maximum atomic E-state index is 11.5. The summed E-state index contributed by atoms with van der Waals surface area (Å²) in [6, 6.07) is 0.